The Kier molecular flexibility index (Phi) is 4.76. The second-order valence-corrected chi connectivity index (χ2v) is 5.96. The summed E-state index contributed by atoms with van der Waals surface area (Å²) in [5.74, 6) is 0.0453. The standard InChI is InChI=1S/C22H21NO/c1-16-11-13-18(14-12-16)21(17-7-4-3-5-8-17)19-9-6-10-20(15-19)22(24)23-2/h3-15,21H,1-2H3,(H,23,24). The number of rotatable bonds is 4. The van der Waals surface area contributed by atoms with Gasteiger partial charge in [-0.2, -0.15) is 0 Å². The van der Waals surface area contributed by atoms with Crippen molar-refractivity contribution in [2.75, 3.05) is 7.05 Å². The quantitative estimate of drug-likeness (QED) is 0.704. The summed E-state index contributed by atoms with van der Waals surface area (Å²) in [5.41, 5.74) is 5.48. The van der Waals surface area contributed by atoms with E-state index < -0.39 is 0 Å². The van der Waals surface area contributed by atoms with E-state index in [1.807, 2.05) is 24.3 Å². The van der Waals surface area contributed by atoms with Crippen LogP contribution in [0.2, 0.25) is 0 Å². The van der Waals surface area contributed by atoms with Gasteiger partial charge in [-0.25, -0.2) is 0 Å². The average molecular weight is 315 g/mol. The summed E-state index contributed by atoms with van der Waals surface area (Å²) in [7, 11) is 1.66. The van der Waals surface area contributed by atoms with E-state index in [0.717, 1.165) is 5.56 Å². The van der Waals surface area contributed by atoms with Crippen LogP contribution in [0, 0.1) is 6.92 Å². The van der Waals surface area contributed by atoms with Gasteiger partial charge in [-0.15, -0.1) is 0 Å². The van der Waals surface area contributed by atoms with E-state index in [4.69, 9.17) is 0 Å². The molecule has 3 rings (SSSR count). The molecule has 0 aliphatic heterocycles. The highest BCUT2D eigenvalue weighted by atomic mass is 16.1. The molecule has 0 radical (unpaired) electrons. The molecule has 0 heterocycles. The maximum Gasteiger partial charge on any atom is 0.251 e. The van der Waals surface area contributed by atoms with E-state index >= 15 is 0 Å². The van der Waals surface area contributed by atoms with Crippen molar-refractivity contribution in [3.05, 3.63) is 107 Å². The van der Waals surface area contributed by atoms with E-state index in [1.54, 1.807) is 7.05 Å². The fraction of sp³-hybridized carbons (Fsp3) is 0.136. The second-order valence-electron chi connectivity index (χ2n) is 5.96. The summed E-state index contributed by atoms with van der Waals surface area (Å²) in [6.45, 7) is 2.09. The number of aryl methyl sites for hydroxylation is 1. The summed E-state index contributed by atoms with van der Waals surface area (Å²) in [6, 6.07) is 26.9. The van der Waals surface area contributed by atoms with Gasteiger partial charge in [0.25, 0.3) is 5.91 Å². The maximum absolute atomic E-state index is 12.0. The number of carbonyl (C=O) groups excluding carboxylic acids is 1. The van der Waals surface area contributed by atoms with Crippen molar-refractivity contribution in [3.63, 3.8) is 0 Å². The first-order valence-electron chi connectivity index (χ1n) is 8.12. The third-order valence-corrected chi connectivity index (χ3v) is 4.25. The number of nitrogens with one attached hydrogen (secondary N) is 1. The first-order valence-corrected chi connectivity index (χ1v) is 8.12. The van der Waals surface area contributed by atoms with Crippen molar-refractivity contribution < 1.29 is 4.79 Å². The van der Waals surface area contributed by atoms with Gasteiger partial charge in [0, 0.05) is 18.5 Å². The summed E-state index contributed by atoms with van der Waals surface area (Å²) in [6.07, 6.45) is 0. The third kappa shape index (κ3) is 3.38. The van der Waals surface area contributed by atoms with Crippen LogP contribution in [0.3, 0.4) is 0 Å². The van der Waals surface area contributed by atoms with Crippen LogP contribution < -0.4 is 5.32 Å². The molecule has 0 spiro atoms. The Morgan fingerprint density at radius 1 is 0.792 bits per heavy atom. The van der Waals surface area contributed by atoms with Gasteiger partial charge in [0.15, 0.2) is 0 Å². The number of hydrogen-bond acceptors (Lipinski definition) is 1. The molecule has 0 saturated carbocycles. The highest BCUT2D eigenvalue weighted by molar-refractivity contribution is 5.94. The minimum atomic E-state index is -0.0624. The molecule has 2 heteroatoms. The van der Waals surface area contributed by atoms with Crippen molar-refractivity contribution in [3.8, 4) is 0 Å². The van der Waals surface area contributed by atoms with Crippen molar-refractivity contribution >= 4 is 5.91 Å². The van der Waals surface area contributed by atoms with Crippen LogP contribution in [0.25, 0.3) is 0 Å². The SMILES string of the molecule is CNC(=O)c1cccc(C(c2ccccc2)c2ccc(C)cc2)c1. The number of carbonyl (C=O) groups is 1. The lowest BCUT2D eigenvalue weighted by Gasteiger charge is -2.19. The number of hydrogen-bond donors (Lipinski definition) is 1. The number of benzene rings is 3. The van der Waals surface area contributed by atoms with Gasteiger partial charge >= 0.3 is 0 Å². The highest BCUT2D eigenvalue weighted by Crippen LogP contribution is 2.32. The van der Waals surface area contributed by atoms with Crippen molar-refractivity contribution in [1.29, 1.82) is 0 Å². The van der Waals surface area contributed by atoms with Crippen LogP contribution >= 0.6 is 0 Å². The molecule has 2 nitrogen and oxygen atoms in total. The Labute approximate surface area is 143 Å². The maximum atomic E-state index is 12.0. The Morgan fingerprint density at radius 3 is 2.08 bits per heavy atom. The van der Waals surface area contributed by atoms with Crippen molar-refractivity contribution in [2.24, 2.45) is 0 Å². The lowest BCUT2D eigenvalue weighted by Crippen LogP contribution is -2.18. The first-order chi connectivity index (χ1) is 11.7. The third-order valence-electron chi connectivity index (χ3n) is 4.25. The predicted molar refractivity (Wildman–Crippen MR) is 98.4 cm³/mol. The molecule has 120 valence electrons. The fourth-order valence-corrected chi connectivity index (χ4v) is 2.99. The van der Waals surface area contributed by atoms with E-state index in [0.29, 0.717) is 5.56 Å². The lowest BCUT2D eigenvalue weighted by atomic mass is 9.84. The molecule has 1 N–H and O–H groups in total. The van der Waals surface area contributed by atoms with Crippen LogP contribution in [0.4, 0.5) is 0 Å². The summed E-state index contributed by atoms with van der Waals surface area (Å²) in [5, 5.41) is 2.70. The second kappa shape index (κ2) is 7.14. The summed E-state index contributed by atoms with van der Waals surface area (Å²) in [4.78, 5) is 12.0. The Hall–Kier alpha value is -2.87. The smallest absolute Gasteiger partial charge is 0.251 e. The van der Waals surface area contributed by atoms with E-state index in [-0.39, 0.29) is 11.8 Å². The molecule has 0 aliphatic rings. The Balaban J connectivity index is 2.12. The zero-order valence-electron chi connectivity index (χ0n) is 14.0. The molecule has 1 atom stereocenters. The van der Waals surface area contributed by atoms with Crippen molar-refractivity contribution in [2.45, 2.75) is 12.8 Å². The molecule has 3 aromatic carbocycles. The van der Waals surface area contributed by atoms with Gasteiger partial charge in [-0.05, 0) is 35.7 Å². The molecule has 0 bridgehead atoms. The zero-order chi connectivity index (χ0) is 16.9. The lowest BCUT2D eigenvalue weighted by molar-refractivity contribution is 0.0963. The first kappa shape index (κ1) is 16.0. The molecule has 0 aliphatic carbocycles. The molecule has 0 aromatic heterocycles. The van der Waals surface area contributed by atoms with Crippen LogP contribution in [0.5, 0.6) is 0 Å². The average Bonchev–Trinajstić information content (AvgIpc) is 2.64. The minimum absolute atomic E-state index is 0.0624. The Morgan fingerprint density at radius 2 is 1.42 bits per heavy atom. The normalized spacial score (nSPS) is 11.8. The van der Waals surface area contributed by atoms with E-state index in [1.165, 1.54) is 16.7 Å². The predicted octanol–water partition coefficient (Wildman–Crippen LogP) is 4.53. The van der Waals surface area contributed by atoms with Gasteiger partial charge < -0.3 is 5.32 Å². The number of amides is 1. The highest BCUT2D eigenvalue weighted by Gasteiger charge is 2.17. The largest absolute Gasteiger partial charge is 0.355 e. The van der Waals surface area contributed by atoms with Gasteiger partial charge in [0.05, 0.1) is 0 Å². The minimum Gasteiger partial charge on any atom is -0.355 e. The molecule has 3 aromatic rings. The van der Waals surface area contributed by atoms with Gasteiger partial charge in [-0.1, -0.05) is 72.3 Å². The van der Waals surface area contributed by atoms with Crippen LogP contribution in [-0.4, -0.2) is 13.0 Å². The molecule has 1 unspecified atom stereocenters. The van der Waals surface area contributed by atoms with Gasteiger partial charge in [0.1, 0.15) is 0 Å². The molecule has 0 saturated heterocycles. The van der Waals surface area contributed by atoms with Gasteiger partial charge in [0.2, 0.25) is 0 Å². The molecular weight excluding hydrogens is 294 g/mol. The van der Waals surface area contributed by atoms with E-state index in [9.17, 15) is 4.79 Å². The molecule has 1 amide bonds. The molecular formula is C22H21NO. The van der Waals surface area contributed by atoms with Crippen LogP contribution in [-0.2, 0) is 0 Å². The summed E-state index contributed by atoms with van der Waals surface area (Å²) < 4.78 is 0. The van der Waals surface area contributed by atoms with E-state index in [2.05, 4.69) is 66.8 Å². The zero-order valence-corrected chi connectivity index (χ0v) is 14.0. The van der Waals surface area contributed by atoms with Crippen LogP contribution in [0.15, 0.2) is 78.9 Å². The molecule has 24 heavy (non-hydrogen) atoms. The van der Waals surface area contributed by atoms with Crippen molar-refractivity contribution in [1.82, 2.24) is 5.32 Å². The summed E-state index contributed by atoms with van der Waals surface area (Å²) >= 11 is 0. The van der Waals surface area contributed by atoms with Gasteiger partial charge in [-0.3, -0.25) is 4.79 Å². The topological polar surface area (TPSA) is 29.1 Å². The fourth-order valence-electron chi connectivity index (χ4n) is 2.99. The molecule has 0 fully saturated rings. The Bertz CT molecular complexity index is 822. The van der Waals surface area contributed by atoms with Crippen LogP contribution in [0.1, 0.15) is 38.5 Å². The monoisotopic (exact) mass is 315 g/mol.